The molecule has 1 aromatic heterocycles. The van der Waals surface area contributed by atoms with Crippen LogP contribution in [0.1, 0.15) is 43.0 Å². The van der Waals surface area contributed by atoms with E-state index in [0.29, 0.717) is 22.5 Å². The molecule has 0 saturated heterocycles. The minimum atomic E-state index is -0.0109. The van der Waals surface area contributed by atoms with E-state index in [1.807, 2.05) is 19.1 Å². The molecule has 2 N–H and O–H groups in total. The van der Waals surface area contributed by atoms with Crippen molar-refractivity contribution >= 4 is 29.2 Å². The summed E-state index contributed by atoms with van der Waals surface area (Å²) in [6.45, 7) is 3.59. The van der Waals surface area contributed by atoms with Crippen molar-refractivity contribution in [2.75, 3.05) is 7.05 Å². The number of nitrogens with zero attached hydrogens (tertiary/aromatic N) is 4. The molecule has 8 heteroatoms. The van der Waals surface area contributed by atoms with Crippen molar-refractivity contribution in [3.8, 4) is 0 Å². The standard InChI is InChI=1S/C17H22Cl2N6/c1-11(13-7-6-12(18)9-14(13)19)22-17(20-2)21-10-16-24-23-15-5-3-4-8-25(15)16/h6-7,9,11H,3-5,8,10H2,1-2H3,(H2,20,21,22). The number of hydrogen-bond donors (Lipinski definition) is 2. The highest BCUT2D eigenvalue weighted by Gasteiger charge is 2.16. The van der Waals surface area contributed by atoms with E-state index in [9.17, 15) is 0 Å². The lowest BCUT2D eigenvalue weighted by Gasteiger charge is -2.20. The molecule has 0 radical (unpaired) electrons. The number of benzene rings is 1. The van der Waals surface area contributed by atoms with Gasteiger partial charge in [-0.05, 0) is 37.5 Å². The summed E-state index contributed by atoms with van der Waals surface area (Å²) in [5.74, 6) is 2.70. The van der Waals surface area contributed by atoms with Crippen molar-refractivity contribution in [2.24, 2.45) is 4.99 Å². The molecule has 0 spiro atoms. The van der Waals surface area contributed by atoms with Crippen molar-refractivity contribution in [3.05, 3.63) is 45.5 Å². The molecule has 1 aliphatic heterocycles. The summed E-state index contributed by atoms with van der Waals surface area (Å²) in [7, 11) is 1.74. The fraction of sp³-hybridized carbons (Fsp3) is 0.471. The molecule has 134 valence electrons. The zero-order chi connectivity index (χ0) is 17.8. The van der Waals surface area contributed by atoms with Crippen LogP contribution in [0.25, 0.3) is 0 Å². The van der Waals surface area contributed by atoms with Crippen LogP contribution < -0.4 is 10.6 Å². The van der Waals surface area contributed by atoms with Crippen LogP contribution in [-0.4, -0.2) is 27.8 Å². The predicted octanol–water partition coefficient (Wildman–Crippen LogP) is 3.35. The van der Waals surface area contributed by atoms with E-state index in [0.717, 1.165) is 30.2 Å². The van der Waals surface area contributed by atoms with Crippen LogP contribution in [0.4, 0.5) is 0 Å². The molecule has 1 aromatic carbocycles. The highest BCUT2D eigenvalue weighted by atomic mass is 35.5. The molecular weight excluding hydrogens is 359 g/mol. The molecule has 2 heterocycles. The Hall–Kier alpha value is -1.79. The third-order valence-corrected chi connectivity index (χ3v) is 4.92. The van der Waals surface area contributed by atoms with Crippen LogP contribution in [0.5, 0.6) is 0 Å². The van der Waals surface area contributed by atoms with Gasteiger partial charge in [0.05, 0.1) is 12.6 Å². The summed E-state index contributed by atoms with van der Waals surface area (Å²) in [6.07, 6.45) is 3.37. The monoisotopic (exact) mass is 380 g/mol. The van der Waals surface area contributed by atoms with Gasteiger partial charge in [-0.15, -0.1) is 10.2 Å². The number of aliphatic imine (C=N–C) groups is 1. The third kappa shape index (κ3) is 4.25. The van der Waals surface area contributed by atoms with E-state index < -0.39 is 0 Å². The lowest BCUT2D eigenvalue weighted by molar-refractivity contribution is 0.504. The van der Waals surface area contributed by atoms with E-state index in [4.69, 9.17) is 23.2 Å². The molecule has 3 rings (SSSR count). The maximum Gasteiger partial charge on any atom is 0.191 e. The smallest absolute Gasteiger partial charge is 0.191 e. The van der Waals surface area contributed by atoms with Crippen LogP contribution in [-0.2, 0) is 19.5 Å². The number of fused-ring (bicyclic) bond motifs is 1. The summed E-state index contributed by atoms with van der Waals surface area (Å²) < 4.78 is 2.20. The van der Waals surface area contributed by atoms with Gasteiger partial charge in [0, 0.05) is 30.1 Å². The fourth-order valence-electron chi connectivity index (χ4n) is 2.99. The Morgan fingerprint density at radius 3 is 2.92 bits per heavy atom. The van der Waals surface area contributed by atoms with Crippen molar-refractivity contribution in [1.29, 1.82) is 0 Å². The van der Waals surface area contributed by atoms with Crippen LogP contribution in [0.15, 0.2) is 23.2 Å². The Morgan fingerprint density at radius 1 is 1.32 bits per heavy atom. The van der Waals surface area contributed by atoms with E-state index >= 15 is 0 Å². The Balaban J connectivity index is 1.62. The zero-order valence-electron chi connectivity index (χ0n) is 14.4. The maximum atomic E-state index is 6.28. The van der Waals surface area contributed by atoms with Gasteiger partial charge in [-0.3, -0.25) is 4.99 Å². The highest BCUT2D eigenvalue weighted by Crippen LogP contribution is 2.26. The number of aryl methyl sites for hydroxylation is 1. The first kappa shape index (κ1) is 18.0. The first-order chi connectivity index (χ1) is 12.1. The van der Waals surface area contributed by atoms with Gasteiger partial charge in [-0.2, -0.15) is 0 Å². The Bertz CT molecular complexity index is 770. The van der Waals surface area contributed by atoms with Crippen LogP contribution in [0.2, 0.25) is 10.0 Å². The summed E-state index contributed by atoms with van der Waals surface area (Å²) in [6, 6.07) is 5.49. The van der Waals surface area contributed by atoms with E-state index in [1.54, 1.807) is 13.1 Å². The largest absolute Gasteiger partial charge is 0.350 e. The quantitative estimate of drug-likeness (QED) is 0.630. The van der Waals surface area contributed by atoms with E-state index in [1.165, 1.54) is 12.8 Å². The van der Waals surface area contributed by atoms with Gasteiger partial charge >= 0.3 is 0 Å². The van der Waals surface area contributed by atoms with Gasteiger partial charge < -0.3 is 15.2 Å². The number of guanidine groups is 1. The first-order valence-corrected chi connectivity index (χ1v) is 9.17. The van der Waals surface area contributed by atoms with Crippen molar-refractivity contribution < 1.29 is 0 Å². The molecule has 0 amide bonds. The maximum absolute atomic E-state index is 6.28. The van der Waals surface area contributed by atoms with Crippen molar-refractivity contribution in [1.82, 2.24) is 25.4 Å². The number of rotatable bonds is 4. The average Bonchev–Trinajstić information content (AvgIpc) is 3.01. The van der Waals surface area contributed by atoms with Gasteiger partial charge in [0.1, 0.15) is 5.82 Å². The fourth-order valence-corrected chi connectivity index (χ4v) is 3.56. The number of halogens is 2. The molecule has 0 saturated carbocycles. The second-order valence-electron chi connectivity index (χ2n) is 6.10. The molecule has 1 atom stereocenters. The summed E-state index contributed by atoms with van der Waals surface area (Å²) in [5, 5.41) is 16.5. The van der Waals surface area contributed by atoms with Gasteiger partial charge in [-0.25, -0.2) is 0 Å². The van der Waals surface area contributed by atoms with Gasteiger partial charge in [-0.1, -0.05) is 29.3 Å². The molecule has 0 aliphatic carbocycles. The molecule has 25 heavy (non-hydrogen) atoms. The molecule has 6 nitrogen and oxygen atoms in total. The summed E-state index contributed by atoms with van der Waals surface area (Å²) >= 11 is 12.2. The predicted molar refractivity (Wildman–Crippen MR) is 101 cm³/mol. The Kier molecular flexibility index (Phi) is 5.81. The van der Waals surface area contributed by atoms with Gasteiger partial charge in [0.25, 0.3) is 0 Å². The lowest BCUT2D eigenvalue weighted by atomic mass is 10.1. The molecular formula is C17H22Cl2N6. The van der Waals surface area contributed by atoms with E-state index in [-0.39, 0.29) is 6.04 Å². The van der Waals surface area contributed by atoms with Gasteiger partial charge in [0.15, 0.2) is 11.8 Å². The molecule has 0 fully saturated rings. The molecule has 1 unspecified atom stereocenters. The lowest BCUT2D eigenvalue weighted by Crippen LogP contribution is -2.39. The SMILES string of the molecule is CN=C(NCc1nnc2n1CCCC2)NC(C)c1ccc(Cl)cc1Cl. The molecule has 0 bridgehead atoms. The first-order valence-electron chi connectivity index (χ1n) is 8.41. The number of hydrogen-bond acceptors (Lipinski definition) is 3. The van der Waals surface area contributed by atoms with Crippen LogP contribution >= 0.6 is 23.2 Å². The second-order valence-corrected chi connectivity index (χ2v) is 6.94. The second kappa shape index (κ2) is 8.06. The van der Waals surface area contributed by atoms with Crippen molar-refractivity contribution in [3.63, 3.8) is 0 Å². The molecule has 2 aromatic rings. The van der Waals surface area contributed by atoms with Gasteiger partial charge in [0.2, 0.25) is 0 Å². The average molecular weight is 381 g/mol. The number of nitrogens with one attached hydrogen (secondary N) is 2. The molecule has 1 aliphatic rings. The summed E-state index contributed by atoms with van der Waals surface area (Å²) in [4.78, 5) is 4.28. The Labute approximate surface area is 157 Å². The normalized spacial score (nSPS) is 15.6. The Morgan fingerprint density at radius 2 is 2.16 bits per heavy atom. The zero-order valence-corrected chi connectivity index (χ0v) is 15.9. The topological polar surface area (TPSA) is 67.1 Å². The van der Waals surface area contributed by atoms with Crippen molar-refractivity contribution in [2.45, 2.75) is 45.3 Å². The minimum Gasteiger partial charge on any atom is -0.350 e. The van der Waals surface area contributed by atoms with Crippen LogP contribution in [0.3, 0.4) is 0 Å². The highest BCUT2D eigenvalue weighted by molar-refractivity contribution is 6.35. The van der Waals surface area contributed by atoms with E-state index in [2.05, 4.69) is 30.4 Å². The summed E-state index contributed by atoms with van der Waals surface area (Å²) in [5.41, 5.74) is 0.967. The minimum absolute atomic E-state index is 0.0109. The van der Waals surface area contributed by atoms with Crippen LogP contribution in [0, 0.1) is 0 Å². The third-order valence-electron chi connectivity index (χ3n) is 4.36. The number of aromatic nitrogens is 3.